The minimum atomic E-state index is -0.659. The van der Waals surface area contributed by atoms with Crippen molar-refractivity contribution in [2.24, 2.45) is 0 Å². The Hall–Kier alpha value is -2.15. The Balaban J connectivity index is 1.75. The molecule has 140 valence electrons. The monoisotopic (exact) mass is 403 g/mol. The van der Waals surface area contributed by atoms with Crippen LogP contribution >= 0.6 is 22.9 Å². The van der Waals surface area contributed by atoms with Gasteiger partial charge in [-0.15, -0.1) is 11.3 Å². The van der Waals surface area contributed by atoms with Crippen molar-refractivity contribution in [3.8, 4) is 0 Å². The maximum Gasteiger partial charge on any atom is 0.290 e. The zero-order chi connectivity index (χ0) is 19.0. The van der Waals surface area contributed by atoms with E-state index in [-0.39, 0.29) is 17.5 Å². The molecular formula is C20H18ClNO4S. The lowest BCUT2D eigenvalue weighted by molar-refractivity contribution is -0.131. The van der Waals surface area contributed by atoms with Crippen molar-refractivity contribution in [1.82, 2.24) is 4.90 Å². The van der Waals surface area contributed by atoms with Gasteiger partial charge in [0.25, 0.3) is 5.91 Å². The molecule has 3 heterocycles. The molecule has 1 N–H and O–H groups in total. The second-order valence-corrected chi connectivity index (χ2v) is 8.00. The second kappa shape index (κ2) is 7.46. The van der Waals surface area contributed by atoms with Crippen molar-refractivity contribution in [1.29, 1.82) is 0 Å². The fourth-order valence-corrected chi connectivity index (χ4v) is 4.42. The molecule has 1 saturated heterocycles. The summed E-state index contributed by atoms with van der Waals surface area (Å²) >= 11 is 7.29. The predicted molar refractivity (Wildman–Crippen MR) is 103 cm³/mol. The summed E-state index contributed by atoms with van der Waals surface area (Å²) in [5, 5.41) is 12.9. The molecule has 2 atom stereocenters. The number of aliphatic hydroxyl groups is 1. The van der Waals surface area contributed by atoms with E-state index in [1.54, 1.807) is 41.8 Å². The number of thiophene rings is 1. The van der Waals surface area contributed by atoms with Gasteiger partial charge in [0.1, 0.15) is 0 Å². The summed E-state index contributed by atoms with van der Waals surface area (Å²) in [6.07, 6.45) is 1.71. The van der Waals surface area contributed by atoms with E-state index < -0.39 is 17.7 Å². The van der Waals surface area contributed by atoms with Crippen molar-refractivity contribution in [3.05, 3.63) is 68.6 Å². The van der Waals surface area contributed by atoms with Crippen LogP contribution in [0.1, 0.15) is 34.1 Å². The molecule has 7 heteroatoms. The quantitative estimate of drug-likeness (QED) is 0.761. The molecule has 27 heavy (non-hydrogen) atoms. The largest absolute Gasteiger partial charge is 0.503 e. The van der Waals surface area contributed by atoms with Crippen molar-refractivity contribution < 1.29 is 19.4 Å². The highest BCUT2D eigenvalue weighted by atomic mass is 35.5. The minimum Gasteiger partial charge on any atom is -0.503 e. The molecule has 1 aromatic heterocycles. The molecule has 4 rings (SSSR count). The van der Waals surface area contributed by atoms with E-state index in [2.05, 4.69) is 0 Å². The molecule has 0 radical (unpaired) electrons. The van der Waals surface area contributed by atoms with Gasteiger partial charge in [0.15, 0.2) is 5.76 Å². The number of rotatable bonds is 5. The third-order valence-electron chi connectivity index (χ3n) is 4.90. The average molecular weight is 404 g/mol. The fourth-order valence-electron chi connectivity index (χ4n) is 3.61. The number of benzene rings is 1. The number of ketones is 1. The van der Waals surface area contributed by atoms with Crippen LogP contribution in [0.4, 0.5) is 0 Å². The average Bonchev–Trinajstić information content (AvgIpc) is 3.41. The van der Waals surface area contributed by atoms with Crippen LogP contribution in [-0.4, -0.2) is 41.0 Å². The van der Waals surface area contributed by atoms with Gasteiger partial charge in [-0.2, -0.15) is 0 Å². The standard InChI is InChI=1S/C20H18ClNO4S/c21-13-7-5-12(6-8-13)17-16(18(23)15-4-2-10-27-15)19(24)20(25)22(17)11-14-3-1-9-26-14/h2,4-8,10,14,17,24H,1,3,9,11H2/t14-,17+/m1/s1. The number of amides is 1. The number of hydrogen-bond acceptors (Lipinski definition) is 5. The van der Waals surface area contributed by atoms with Gasteiger partial charge in [0, 0.05) is 18.2 Å². The number of hydrogen-bond donors (Lipinski definition) is 1. The van der Waals surface area contributed by atoms with Crippen LogP contribution in [0.15, 0.2) is 53.1 Å². The highest BCUT2D eigenvalue weighted by Crippen LogP contribution is 2.40. The van der Waals surface area contributed by atoms with E-state index in [9.17, 15) is 14.7 Å². The highest BCUT2D eigenvalue weighted by Gasteiger charge is 2.44. The lowest BCUT2D eigenvalue weighted by Crippen LogP contribution is -2.37. The fraction of sp³-hybridized carbons (Fsp3) is 0.300. The van der Waals surface area contributed by atoms with Crippen molar-refractivity contribution in [2.75, 3.05) is 13.2 Å². The van der Waals surface area contributed by atoms with E-state index >= 15 is 0 Å². The van der Waals surface area contributed by atoms with Gasteiger partial charge in [-0.25, -0.2) is 0 Å². The Morgan fingerprint density at radius 3 is 2.70 bits per heavy atom. The molecule has 2 aliphatic rings. The van der Waals surface area contributed by atoms with E-state index in [1.165, 1.54) is 16.2 Å². The molecule has 0 unspecified atom stereocenters. The summed E-state index contributed by atoms with van der Waals surface area (Å²) < 4.78 is 5.67. The van der Waals surface area contributed by atoms with Crippen LogP contribution in [0.2, 0.25) is 5.02 Å². The number of nitrogens with zero attached hydrogens (tertiary/aromatic N) is 1. The lowest BCUT2D eigenvalue weighted by Gasteiger charge is -2.28. The highest BCUT2D eigenvalue weighted by molar-refractivity contribution is 7.12. The normalized spacial score (nSPS) is 22.7. The van der Waals surface area contributed by atoms with E-state index in [1.807, 2.05) is 0 Å². The Kier molecular flexibility index (Phi) is 5.04. The molecule has 0 aliphatic carbocycles. The number of aliphatic hydroxyl groups excluding tert-OH is 1. The van der Waals surface area contributed by atoms with Gasteiger partial charge in [0.2, 0.25) is 5.78 Å². The molecule has 0 bridgehead atoms. The first-order valence-electron chi connectivity index (χ1n) is 8.75. The van der Waals surface area contributed by atoms with Crippen LogP contribution in [-0.2, 0) is 9.53 Å². The van der Waals surface area contributed by atoms with Crippen LogP contribution < -0.4 is 0 Å². The summed E-state index contributed by atoms with van der Waals surface area (Å²) in [5.74, 6) is -1.35. The van der Waals surface area contributed by atoms with Crippen molar-refractivity contribution in [3.63, 3.8) is 0 Å². The zero-order valence-electron chi connectivity index (χ0n) is 14.4. The Bertz CT molecular complexity index is 885. The molecule has 0 spiro atoms. The first-order chi connectivity index (χ1) is 13.1. The van der Waals surface area contributed by atoms with Crippen LogP contribution in [0.25, 0.3) is 0 Å². The first kappa shape index (κ1) is 18.2. The zero-order valence-corrected chi connectivity index (χ0v) is 16.0. The third kappa shape index (κ3) is 3.40. The lowest BCUT2D eigenvalue weighted by atomic mass is 9.95. The van der Waals surface area contributed by atoms with E-state index in [0.717, 1.165) is 18.4 Å². The summed E-state index contributed by atoms with van der Waals surface area (Å²) in [5.41, 5.74) is 0.845. The van der Waals surface area contributed by atoms with Crippen LogP contribution in [0.3, 0.4) is 0 Å². The molecular weight excluding hydrogens is 386 g/mol. The number of Topliss-reactive ketones (excluding diaryl/α,β-unsaturated/α-hetero) is 1. The molecule has 1 aromatic carbocycles. The summed E-state index contributed by atoms with van der Waals surface area (Å²) in [6.45, 7) is 0.996. The number of ether oxygens (including phenoxy) is 1. The minimum absolute atomic E-state index is 0.0901. The van der Waals surface area contributed by atoms with Gasteiger partial charge in [-0.1, -0.05) is 29.8 Å². The second-order valence-electron chi connectivity index (χ2n) is 6.62. The van der Waals surface area contributed by atoms with Gasteiger partial charge in [-0.3, -0.25) is 9.59 Å². The SMILES string of the molecule is O=C(C1=C(O)C(=O)N(C[C@H]2CCCO2)[C@H]1c1ccc(Cl)cc1)c1cccs1. The third-order valence-corrected chi connectivity index (χ3v) is 6.02. The van der Waals surface area contributed by atoms with Crippen LogP contribution in [0, 0.1) is 0 Å². The van der Waals surface area contributed by atoms with E-state index in [0.29, 0.717) is 23.1 Å². The molecule has 1 fully saturated rings. The Morgan fingerprint density at radius 2 is 2.07 bits per heavy atom. The number of halogens is 1. The van der Waals surface area contributed by atoms with Gasteiger partial charge in [-0.05, 0) is 42.0 Å². The first-order valence-corrected chi connectivity index (χ1v) is 10.0. The number of carbonyl (C=O) groups excluding carboxylic acids is 2. The van der Waals surface area contributed by atoms with Crippen molar-refractivity contribution >= 4 is 34.6 Å². The molecule has 2 aliphatic heterocycles. The van der Waals surface area contributed by atoms with Gasteiger partial charge >= 0.3 is 0 Å². The summed E-state index contributed by atoms with van der Waals surface area (Å²) in [7, 11) is 0. The van der Waals surface area contributed by atoms with E-state index in [4.69, 9.17) is 16.3 Å². The molecule has 1 amide bonds. The Morgan fingerprint density at radius 1 is 1.30 bits per heavy atom. The molecule has 0 saturated carbocycles. The maximum atomic E-state index is 13.1. The topological polar surface area (TPSA) is 66.8 Å². The summed E-state index contributed by atoms with van der Waals surface area (Å²) in [6, 6.07) is 9.80. The van der Waals surface area contributed by atoms with Gasteiger partial charge < -0.3 is 14.7 Å². The van der Waals surface area contributed by atoms with Gasteiger partial charge in [0.05, 0.1) is 22.6 Å². The van der Waals surface area contributed by atoms with Crippen LogP contribution in [0.5, 0.6) is 0 Å². The predicted octanol–water partition coefficient (Wildman–Crippen LogP) is 4.16. The number of carbonyl (C=O) groups is 2. The Labute approximate surface area is 165 Å². The molecule has 5 nitrogen and oxygen atoms in total. The van der Waals surface area contributed by atoms with Crippen molar-refractivity contribution in [2.45, 2.75) is 25.0 Å². The molecule has 2 aromatic rings. The summed E-state index contributed by atoms with van der Waals surface area (Å²) in [4.78, 5) is 27.9. The maximum absolute atomic E-state index is 13.1. The smallest absolute Gasteiger partial charge is 0.290 e.